The van der Waals surface area contributed by atoms with Crippen LogP contribution in [-0.2, 0) is 4.74 Å². The number of alkyl carbamates (subject to hydrolysis) is 1. The van der Waals surface area contributed by atoms with Crippen molar-refractivity contribution in [2.24, 2.45) is 0 Å². The number of phenolic OH excluding ortho intramolecular Hbond substituents is 1. The third-order valence-corrected chi connectivity index (χ3v) is 2.13. The molecule has 1 aromatic rings. The molecule has 0 saturated carbocycles. The third-order valence-electron chi connectivity index (χ3n) is 2.13. The second-order valence-electron chi connectivity index (χ2n) is 4.96. The second-order valence-corrected chi connectivity index (χ2v) is 4.96. The maximum atomic E-state index is 11.5. The molecule has 1 amide bonds. The molecule has 0 aliphatic carbocycles. The average Bonchev–Trinajstić information content (AvgIpc) is 2.15. The minimum atomic E-state index is -0.501. The first-order chi connectivity index (χ1) is 7.78. The number of phenols is 1. The predicted octanol–water partition coefficient (Wildman–Crippen LogP) is 2.98. The minimum absolute atomic E-state index is 0.162. The Balaban J connectivity index is 2.57. The summed E-state index contributed by atoms with van der Waals surface area (Å²) < 4.78 is 5.15. The van der Waals surface area contributed by atoms with E-state index in [0.29, 0.717) is 0 Å². The number of aromatic hydroxyl groups is 1. The van der Waals surface area contributed by atoms with Crippen molar-refractivity contribution in [3.63, 3.8) is 0 Å². The van der Waals surface area contributed by atoms with E-state index in [2.05, 4.69) is 5.32 Å². The monoisotopic (exact) mass is 237 g/mol. The van der Waals surface area contributed by atoms with Gasteiger partial charge < -0.3 is 15.2 Å². The van der Waals surface area contributed by atoms with Gasteiger partial charge in [0.25, 0.3) is 0 Å². The Kier molecular flexibility index (Phi) is 3.99. The predicted molar refractivity (Wildman–Crippen MR) is 65.9 cm³/mol. The SMILES string of the molecule is C[C@@H](NC(=O)OC(C)(C)C)c1ccc(O)cc1. The van der Waals surface area contributed by atoms with Gasteiger partial charge in [-0.05, 0) is 45.4 Å². The number of benzene rings is 1. The first-order valence-electron chi connectivity index (χ1n) is 5.56. The Labute approximate surface area is 102 Å². The Hall–Kier alpha value is -1.71. The smallest absolute Gasteiger partial charge is 0.408 e. The normalized spacial score (nSPS) is 12.9. The molecule has 0 aromatic heterocycles. The van der Waals surface area contributed by atoms with Gasteiger partial charge in [-0.2, -0.15) is 0 Å². The van der Waals surface area contributed by atoms with Crippen molar-refractivity contribution < 1.29 is 14.6 Å². The van der Waals surface area contributed by atoms with Crippen LogP contribution in [0.15, 0.2) is 24.3 Å². The zero-order valence-electron chi connectivity index (χ0n) is 10.7. The average molecular weight is 237 g/mol. The van der Waals surface area contributed by atoms with Crippen molar-refractivity contribution in [2.45, 2.75) is 39.3 Å². The van der Waals surface area contributed by atoms with Crippen molar-refractivity contribution in [1.29, 1.82) is 0 Å². The van der Waals surface area contributed by atoms with E-state index in [9.17, 15) is 4.79 Å². The third kappa shape index (κ3) is 4.76. The van der Waals surface area contributed by atoms with E-state index in [1.165, 1.54) is 0 Å². The van der Waals surface area contributed by atoms with Crippen LogP contribution in [0.25, 0.3) is 0 Å². The quantitative estimate of drug-likeness (QED) is 0.831. The van der Waals surface area contributed by atoms with E-state index >= 15 is 0 Å². The molecule has 0 aliphatic heterocycles. The van der Waals surface area contributed by atoms with E-state index in [1.807, 2.05) is 27.7 Å². The first kappa shape index (κ1) is 13.4. The molecule has 0 aliphatic rings. The highest BCUT2D eigenvalue weighted by atomic mass is 16.6. The molecular weight excluding hydrogens is 218 g/mol. The highest BCUT2D eigenvalue weighted by Gasteiger charge is 2.18. The molecule has 0 fully saturated rings. The maximum Gasteiger partial charge on any atom is 0.408 e. The van der Waals surface area contributed by atoms with E-state index < -0.39 is 11.7 Å². The summed E-state index contributed by atoms with van der Waals surface area (Å²) in [5.41, 5.74) is 0.410. The number of nitrogens with one attached hydrogen (secondary N) is 1. The van der Waals surface area contributed by atoms with Gasteiger partial charge in [0.15, 0.2) is 0 Å². The van der Waals surface area contributed by atoms with Crippen molar-refractivity contribution in [1.82, 2.24) is 5.32 Å². The fraction of sp³-hybridized carbons (Fsp3) is 0.462. The van der Waals surface area contributed by atoms with Crippen LogP contribution in [0.5, 0.6) is 5.75 Å². The summed E-state index contributed by atoms with van der Waals surface area (Å²) in [4.78, 5) is 11.5. The lowest BCUT2D eigenvalue weighted by atomic mass is 10.1. The molecule has 1 atom stereocenters. The molecule has 0 radical (unpaired) electrons. The largest absolute Gasteiger partial charge is 0.508 e. The lowest BCUT2D eigenvalue weighted by Gasteiger charge is -2.22. The van der Waals surface area contributed by atoms with Crippen molar-refractivity contribution in [3.8, 4) is 5.75 Å². The van der Waals surface area contributed by atoms with E-state index in [1.54, 1.807) is 24.3 Å². The molecule has 1 rings (SSSR count). The fourth-order valence-electron chi connectivity index (χ4n) is 1.33. The summed E-state index contributed by atoms with van der Waals surface area (Å²) in [5, 5.41) is 11.9. The van der Waals surface area contributed by atoms with E-state index in [0.717, 1.165) is 5.56 Å². The molecule has 94 valence electrons. The number of ether oxygens (including phenoxy) is 1. The van der Waals surface area contributed by atoms with Crippen LogP contribution in [0.3, 0.4) is 0 Å². The number of carbonyl (C=O) groups is 1. The number of rotatable bonds is 2. The van der Waals surface area contributed by atoms with Crippen LogP contribution in [0.4, 0.5) is 4.79 Å². The van der Waals surface area contributed by atoms with Crippen molar-refractivity contribution in [2.75, 3.05) is 0 Å². The van der Waals surface area contributed by atoms with E-state index in [4.69, 9.17) is 9.84 Å². The van der Waals surface area contributed by atoms with Gasteiger partial charge in [0.05, 0.1) is 6.04 Å². The first-order valence-corrected chi connectivity index (χ1v) is 5.56. The summed E-state index contributed by atoms with van der Waals surface area (Å²) in [6.07, 6.45) is -0.446. The van der Waals surface area contributed by atoms with Crippen LogP contribution in [0.2, 0.25) is 0 Å². The van der Waals surface area contributed by atoms with Gasteiger partial charge in [-0.25, -0.2) is 4.79 Å². The van der Waals surface area contributed by atoms with Crippen LogP contribution in [-0.4, -0.2) is 16.8 Å². The van der Waals surface area contributed by atoms with Crippen molar-refractivity contribution in [3.05, 3.63) is 29.8 Å². The van der Waals surface area contributed by atoms with Gasteiger partial charge in [-0.1, -0.05) is 12.1 Å². The Morgan fingerprint density at radius 1 is 1.29 bits per heavy atom. The van der Waals surface area contributed by atoms with E-state index in [-0.39, 0.29) is 11.8 Å². The standard InChI is InChI=1S/C13H19NO3/c1-9(10-5-7-11(15)8-6-10)14-12(16)17-13(2,3)4/h5-9,15H,1-4H3,(H,14,16)/t9-/m1/s1. The maximum absolute atomic E-state index is 11.5. The van der Waals surface area contributed by atoms with Crippen LogP contribution >= 0.6 is 0 Å². The zero-order valence-corrected chi connectivity index (χ0v) is 10.7. The molecule has 4 heteroatoms. The number of carbonyl (C=O) groups excluding carboxylic acids is 1. The summed E-state index contributed by atoms with van der Waals surface area (Å²) >= 11 is 0. The molecule has 0 heterocycles. The van der Waals surface area contributed by atoms with Gasteiger partial charge in [-0.3, -0.25) is 0 Å². The Morgan fingerprint density at radius 3 is 2.29 bits per heavy atom. The highest BCUT2D eigenvalue weighted by Crippen LogP contribution is 2.17. The Bertz CT molecular complexity index is 379. The molecule has 2 N–H and O–H groups in total. The van der Waals surface area contributed by atoms with Crippen molar-refractivity contribution >= 4 is 6.09 Å². The lowest BCUT2D eigenvalue weighted by molar-refractivity contribution is 0.0508. The molecule has 1 aromatic carbocycles. The molecule has 0 unspecified atom stereocenters. The summed E-state index contributed by atoms with van der Waals surface area (Å²) in [7, 11) is 0. The molecular formula is C13H19NO3. The van der Waals surface area contributed by atoms with Gasteiger partial charge in [0, 0.05) is 0 Å². The number of hydrogen-bond acceptors (Lipinski definition) is 3. The zero-order chi connectivity index (χ0) is 13.1. The van der Waals surface area contributed by atoms with Crippen LogP contribution in [0.1, 0.15) is 39.3 Å². The summed E-state index contributed by atoms with van der Waals surface area (Å²) in [6, 6.07) is 6.53. The van der Waals surface area contributed by atoms with Gasteiger partial charge in [0.1, 0.15) is 11.4 Å². The van der Waals surface area contributed by atoms with Crippen LogP contribution in [0, 0.1) is 0 Å². The van der Waals surface area contributed by atoms with Gasteiger partial charge in [-0.15, -0.1) is 0 Å². The summed E-state index contributed by atoms with van der Waals surface area (Å²) in [6.45, 7) is 7.31. The Morgan fingerprint density at radius 2 is 1.82 bits per heavy atom. The molecule has 4 nitrogen and oxygen atoms in total. The van der Waals surface area contributed by atoms with Crippen LogP contribution < -0.4 is 5.32 Å². The topological polar surface area (TPSA) is 58.6 Å². The second kappa shape index (κ2) is 5.08. The number of amides is 1. The molecule has 0 saturated heterocycles. The molecule has 0 spiro atoms. The highest BCUT2D eigenvalue weighted by molar-refractivity contribution is 5.68. The number of hydrogen-bond donors (Lipinski definition) is 2. The summed E-state index contributed by atoms with van der Waals surface area (Å²) in [5.74, 6) is 0.207. The van der Waals surface area contributed by atoms with Gasteiger partial charge in [0.2, 0.25) is 0 Å². The minimum Gasteiger partial charge on any atom is -0.508 e. The lowest BCUT2D eigenvalue weighted by Crippen LogP contribution is -2.33. The molecule has 17 heavy (non-hydrogen) atoms. The fourth-order valence-corrected chi connectivity index (χ4v) is 1.33. The molecule has 0 bridgehead atoms. The van der Waals surface area contributed by atoms with Gasteiger partial charge >= 0.3 is 6.09 Å².